The van der Waals surface area contributed by atoms with Crippen molar-refractivity contribution in [3.8, 4) is 11.8 Å². The Kier molecular flexibility index (Phi) is 4.57. The predicted octanol–water partition coefficient (Wildman–Crippen LogP) is 2.37. The van der Waals surface area contributed by atoms with E-state index in [0.717, 1.165) is 5.69 Å². The number of carbonyl (C=O) groups is 1. The zero-order valence-electron chi connectivity index (χ0n) is 11.7. The van der Waals surface area contributed by atoms with E-state index in [1.54, 1.807) is 44.2 Å². The summed E-state index contributed by atoms with van der Waals surface area (Å²) in [6.07, 6.45) is -0.762. The van der Waals surface area contributed by atoms with Gasteiger partial charge in [-0.15, -0.1) is 0 Å². The minimum atomic E-state index is -0.762. The second-order valence-corrected chi connectivity index (χ2v) is 4.44. The molecule has 0 saturated carbocycles. The van der Waals surface area contributed by atoms with E-state index in [0.29, 0.717) is 17.1 Å². The van der Waals surface area contributed by atoms with E-state index in [4.69, 9.17) is 19.3 Å². The minimum absolute atomic E-state index is 0.0146. The Morgan fingerprint density at radius 1 is 1.43 bits per heavy atom. The number of nitrogens with zero attached hydrogens (tertiary/aromatic N) is 2. The molecule has 0 saturated heterocycles. The molecule has 0 aliphatic rings. The smallest absolute Gasteiger partial charge is 0.347 e. The third-order valence-corrected chi connectivity index (χ3v) is 2.66. The molecule has 0 N–H and O–H groups in total. The molecule has 0 spiro atoms. The van der Waals surface area contributed by atoms with Crippen LogP contribution in [0.15, 0.2) is 34.9 Å². The molecule has 21 heavy (non-hydrogen) atoms. The quantitative estimate of drug-likeness (QED) is 0.784. The highest BCUT2D eigenvalue weighted by Crippen LogP contribution is 2.14. The van der Waals surface area contributed by atoms with Gasteiger partial charge in [0.1, 0.15) is 5.75 Å². The van der Waals surface area contributed by atoms with Crippen molar-refractivity contribution in [1.82, 2.24) is 5.16 Å². The van der Waals surface area contributed by atoms with E-state index >= 15 is 0 Å². The molecule has 0 aliphatic carbocycles. The summed E-state index contributed by atoms with van der Waals surface area (Å²) in [5, 5.41) is 12.4. The second-order valence-electron chi connectivity index (χ2n) is 4.44. The number of hydrogen-bond donors (Lipinski definition) is 0. The van der Waals surface area contributed by atoms with Gasteiger partial charge in [0.05, 0.1) is 17.3 Å². The molecular weight excluding hydrogens is 272 g/mol. The molecule has 1 heterocycles. The fraction of sp³-hybridized carbons (Fsp3) is 0.267. The molecule has 0 unspecified atom stereocenters. The van der Waals surface area contributed by atoms with Gasteiger partial charge in [-0.3, -0.25) is 0 Å². The Hall–Kier alpha value is -2.81. The van der Waals surface area contributed by atoms with E-state index in [1.165, 1.54) is 0 Å². The van der Waals surface area contributed by atoms with Crippen LogP contribution in [0.3, 0.4) is 0 Å². The number of benzene rings is 1. The number of ether oxygens (including phenoxy) is 2. The van der Waals surface area contributed by atoms with Gasteiger partial charge < -0.3 is 14.0 Å². The fourth-order valence-electron chi connectivity index (χ4n) is 1.60. The molecule has 0 amide bonds. The van der Waals surface area contributed by atoms with Crippen LogP contribution in [0.4, 0.5) is 0 Å². The molecule has 1 aromatic carbocycles. The molecule has 1 atom stereocenters. The fourth-order valence-corrected chi connectivity index (χ4v) is 1.60. The lowest BCUT2D eigenvalue weighted by Crippen LogP contribution is -2.25. The van der Waals surface area contributed by atoms with Gasteiger partial charge in [0.2, 0.25) is 0 Å². The highest BCUT2D eigenvalue weighted by Gasteiger charge is 2.17. The van der Waals surface area contributed by atoms with Gasteiger partial charge in [-0.2, -0.15) is 5.26 Å². The van der Waals surface area contributed by atoms with E-state index in [2.05, 4.69) is 5.16 Å². The predicted molar refractivity (Wildman–Crippen MR) is 72.3 cm³/mol. The number of carbonyl (C=O) groups excluding carboxylic acids is 1. The Bertz CT molecular complexity index is 655. The highest BCUT2D eigenvalue weighted by atomic mass is 16.6. The number of aryl methyl sites for hydroxylation is 1. The molecule has 6 nitrogen and oxygen atoms in total. The number of aromatic nitrogens is 1. The summed E-state index contributed by atoms with van der Waals surface area (Å²) in [7, 11) is 0. The van der Waals surface area contributed by atoms with Crippen LogP contribution in [0, 0.1) is 18.3 Å². The maximum Gasteiger partial charge on any atom is 0.347 e. The standard InChI is InChI=1S/C15H14N2O4/c1-10-7-14(21-17-10)9-19-15(18)11(2)20-13-5-3-12(8-16)4-6-13/h3-7,11H,9H2,1-2H3/t11-/m1/s1. The highest BCUT2D eigenvalue weighted by molar-refractivity contribution is 5.74. The first kappa shape index (κ1) is 14.6. The van der Waals surface area contributed by atoms with Crippen LogP contribution in [-0.4, -0.2) is 17.2 Å². The van der Waals surface area contributed by atoms with Gasteiger partial charge in [0, 0.05) is 6.07 Å². The Morgan fingerprint density at radius 3 is 2.71 bits per heavy atom. The SMILES string of the molecule is Cc1cc(COC(=O)[C@@H](C)Oc2ccc(C#N)cc2)on1. The minimum Gasteiger partial charge on any atom is -0.479 e. The molecule has 0 fully saturated rings. The van der Waals surface area contributed by atoms with Crippen LogP contribution in [-0.2, 0) is 16.1 Å². The van der Waals surface area contributed by atoms with Crippen LogP contribution >= 0.6 is 0 Å². The number of rotatable bonds is 5. The zero-order valence-corrected chi connectivity index (χ0v) is 11.7. The van der Waals surface area contributed by atoms with Crippen molar-refractivity contribution in [2.45, 2.75) is 26.6 Å². The first-order chi connectivity index (χ1) is 10.1. The molecule has 2 rings (SSSR count). The van der Waals surface area contributed by atoms with Crippen molar-refractivity contribution in [3.05, 3.63) is 47.3 Å². The average molecular weight is 286 g/mol. The van der Waals surface area contributed by atoms with Crippen LogP contribution in [0.25, 0.3) is 0 Å². The van der Waals surface area contributed by atoms with Crippen molar-refractivity contribution < 1.29 is 18.8 Å². The third kappa shape index (κ3) is 4.08. The van der Waals surface area contributed by atoms with Gasteiger partial charge in [0.25, 0.3) is 0 Å². The van der Waals surface area contributed by atoms with E-state index in [1.807, 2.05) is 6.07 Å². The van der Waals surface area contributed by atoms with E-state index < -0.39 is 12.1 Å². The van der Waals surface area contributed by atoms with Gasteiger partial charge in [0.15, 0.2) is 18.5 Å². The molecule has 2 aromatic rings. The summed E-state index contributed by atoms with van der Waals surface area (Å²) in [4.78, 5) is 11.8. The zero-order chi connectivity index (χ0) is 15.2. The van der Waals surface area contributed by atoms with Gasteiger partial charge in [-0.05, 0) is 38.1 Å². The van der Waals surface area contributed by atoms with Gasteiger partial charge in [-0.25, -0.2) is 4.79 Å². The van der Waals surface area contributed by atoms with Crippen molar-refractivity contribution >= 4 is 5.97 Å². The first-order valence-corrected chi connectivity index (χ1v) is 6.34. The third-order valence-electron chi connectivity index (χ3n) is 2.66. The Labute approximate surface area is 121 Å². The summed E-state index contributed by atoms with van der Waals surface area (Å²) < 4.78 is 15.4. The Balaban J connectivity index is 1.85. The lowest BCUT2D eigenvalue weighted by Gasteiger charge is -2.13. The van der Waals surface area contributed by atoms with Gasteiger partial charge in [-0.1, -0.05) is 5.16 Å². The summed E-state index contributed by atoms with van der Waals surface area (Å²) in [5.74, 6) is 0.466. The molecule has 108 valence electrons. The summed E-state index contributed by atoms with van der Waals surface area (Å²) in [5.41, 5.74) is 1.25. The normalized spacial score (nSPS) is 11.5. The topological polar surface area (TPSA) is 85.4 Å². The van der Waals surface area contributed by atoms with Crippen LogP contribution in [0.1, 0.15) is 23.9 Å². The maximum atomic E-state index is 11.8. The molecule has 0 radical (unpaired) electrons. The molecular formula is C15H14N2O4. The molecule has 0 bridgehead atoms. The van der Waals surface area contributed by atoms with Crippen molar-refractivity contribution in [1.29, 1.82) is 5.26 Å². The monoisotopic (exact) mass is 286 g/mol. The largest absolute Gasteiger partial charge is 0.479 e. The van der Waals surface area contributed by atoms with Crippen molar-refractivity contribution in [3.63, 3.8) is 0 Å². The van der Waals surface area contributed by atoms with E-state index in [9.17, 15) is 4.79 Å². The van der Waals surface area contributed by atoms with Crippen LogP contribution in [0.2, 0.25) is 0 Å². The lowest BCUT2D eigenvalue weighted by molar-refractivity contribution is -0.153. The first-order valence-electron chi connectivity index (χ1n) is 6.34. The van der Waals surface area contributed by atoms with Gasteiger partial charge >= 0.3 is 5.97 Å². The number of hydrogen-bond acceptors (Lipinski definition) is 6. The number of nitriles is 1. The average Bonchev–Trinajstić information content (AvgIpc) is 2.91. The molecule has 6 heteroatoms. The van der Waals surface area contributed by atoms with Crippen LogP contribution < -0.4 is 4.74 Å². The lowest BCUT2D eigenvalue weighted by atomic mass is 10.2. The van der Waals surface area contributed by atoms with Crippen LogP contribution in [0.5, 0.6) is 5.75 Å². The summed E-state index contributed by atoms with van der Waals surface area (Å²) in [6.45, 7) is 3.39. The number of esters is 1. The molecule has 1 aromatic heterocycles. The summed E-state index contributed by atoms with van der Waals surface area (Å²) >= 11 is 0. The Morgan fingerprint density at radius 2 is 2.14 bits per heavy atom. The van der Waals surface area contributed by atoms with Crippen molar-refractivity contribution in [2.24, 2.45) is 0 Å². The van der Waals surface area contributed by atoms with Crippen molar-refractivity contribution in [2.75, 3.05) is 0 Å². The van der Waals surface area contributed by atoms with E-state index in [-0.39, 0.29) is 6.61 Å². The molecule has 0 aliphatic heterocycles. The summed E-state index contributed by atoms with van der Waals surface area (Å²) in [6, 6.07) is 10.2. The second kappa shape index (κ2) is 6.57. The maximum absolute atomic E-state index is 11.8.